The van der Waals surface area contributed by atoms with Crippen LogP contribution in [0.25, 0.3) is 0 Å². The topological polar surface area (TPSA) is 72.5 Å². The number of hydrogen-bond acceptors (Lipinski definition) is 7. The predicted octanol–water partition coefficient (Wildman–Crippen LogP) is 4.78. The van der Waals surface area contributed by atoms with Crippen LogP contribution in [0.5, 0.6) is 23.0 Å². The molecule has 0 spiro atoms. The van der Waals surface area contributed by atoms with Gasteiger partial charge in [0, 0.05) is 11.5 Å². The van der Waals surface area contributed by atoms with Crippen LogP contribution in [0.2, 0.25) is 0 Å². The van der Waals surface area contributed by atoms with Crippen LogP contribution in [0.4, 0.5) is 0 Å². The summed E-state index contributed by atoms with van der Waals surface area (Å²) in [5, 5.41) is 0. The Labute approximate surface area is 201 Å². The molecule has 1 heterocycles. The fourth-order valence-electron chi connectivity index (χ4n) is 4.24. The van der Waals surface area contributed by atoms with Crippen molar-refractivity contribution in [2.45, 2.75) is 26.4 Å². The maximum atomic E-state index is 12.4. The maximum absolute atomic E-state index is 12.4. The Bertz CT molecular complexity index is 1010. The molecule has 7 heteroatoms. The fourth-order valence-corrected chi connectivity index (χ4v) is 4.24. The third-order valence-electron chi connectivity index (χ3n) is 6.33. The first-order valence-corrected chi connectivity index (χ1v) is 11.3. The number of carbonyl (C=O) groups excluding carboxylic acids is 1. The molecule has 1 aliphatic heterocycles. The molecule has 3 rings (SSSR count). The summed E-state index contributed by atoms with van der Waals surface area (Å²) in [5.74, 6) is 2.43. The molecule has 0 radical (unpaired) electrons. The van der Waals surface area contributed by atoms with Crippen molar-refractivity contribution in [3.05, 3.63) is 59.2 Å². The van der Waals surface area contributed by atoms with Gasteiger partial charge in [-0.15, -0.1) is 0 Å². The highest BCUT2D eigenvalue weighted by Gasteiger charge is 2.39. The summed E-state index contributed by atoms with van der Waals surface area (Å²) in [4.78, 5) is 12.4. The highest BCUT2D eigenvalue weighted by atomic mass is 16.5. The van der Waals surface area contributed by atoms with Gasteiger partial charge in [-0.3, -0.25) is 0 Å². The third kappa shape index (κ3) is 5.65. The molecule has 1 fully saturated rings. The average Bonchev–Trinajstić information content (AvgIpc) is 3.27. The molecule has 0 bridgehead atoms. The predicted molar refractivity (Wildman–Crippen MR) is 129 cm³/mol. The molecule has 0 amide bonds. The van der Waals surface area contributed by atoms with Crippen molar-refractivity contribution in [3.8, 4) is 23.0 Å². The minimum Gasteiger partial charge on any atom is -0.493 e. The molecule has 0 aliphatic carbocycles. The van der Waals surface area contributed by atoms with E-state index in [-0.39, 0.29) is 30.5 Å². The van der Waals surface area contributed by atoms with Crippen LogP contribution in [-0.2, 0) is 20.7 Å². The molecule has 184 valence electrons. The van der Waals surface area contributed by atoms with Crippen molar-refractivity contribution in [3.63, 3.8) is 0 Å². The molecule has 3 atom stereocenters. The number of rotatable bonds is 10. The van der Waals surface area contributed by atoms with Crippen LogP contribution in [-0.4, -0.2) is 47.6 Å². The summed E-state index contributed by atoms with van der Waals surface area (Å²) in [6, 6.07) is 11.7. The standard InChI is InChI=1S/C27H34O7/c1-7-17(2)27(28)34-16-21-20(12-18-8-10-22(29-3)24(13-18)31-5)15-33-26(21)19-9-11-23(30-4)25(14-19)32-6/h7-11,13-14,20-21,26H,12,15-16H2,1-6H3/t20-,21-,26-/m0/s1. The summed E-state index contributed by atoms with van der Waals surface area (Å²) < 4.78 is 33.7. The van der Waals surface area contributed by atoms with E-state index in [1.807, 2.05) is 43.3 Å². The number of ether oxygens (including phenoxy) is 6. The summed E-state index contributed by atoms with van der Waals surface area (Å²) in [5.41, 5.74) is 2.63. The summed E-state index contributed by atoms with van der Waals surface area (Å²) >= 11 is 0. The number of allylic oxidation sites excluding steroid dienone is 1. The lowest BCUT2D eigenvalue weighted by Crippen LogP contribution is -2.24. The third-order valence-corrected chi connectivity index (χ3v) is 6.33. The highest BCUT2D eigenvalue weighted by Crippen LogP contribution is 2.43. The molecule has 0 unspecified atom stereocenters. The summed E-state index contributed by atoms with van der Waals surface area (Å²) in [6.07, 6.45) is 2.25. The van der Waals surface area contributed by atoms with Gasteiger partial charge < -0.3 is 28.4 Å². The second-order valence-electron chi connectivity index (χ2n) is 8.26. The van der Waals surface area contributed by atoms with Gasteiger partial charge in [-0.2, -0.15) is 0 Å². The first kappa shape index (κ1) is 25.4. The van der Waals surface area contributed by atoms with E-state index in [1.54, 1.807) is 41.4 Å². The molecule has 7 nitrogen and oxygen atoms in total. The van der Waals surface area contributed by atoms with Crippen LogP contribution in [0.1, 0.15) is 31.1 Å². The lowest BCUT2D eigenvalue weighted by Gasteiger charge is -2.24. The Morgan fingerprint density at radius 2 is 1.56 bits per heavy atom. The van der Waals surface area contributed by atoms with Crippen LogP contribution in [0.3, 0.4) is 0 Å². The summed E-state index contributed by atoms with van der Waals surface area (Å²) in [7, 11) is 6.46. The lowest BCUT2D eigenvalue weighted by atomic mass is 9.84. The lowest BCUT2D eigenvalue weighted by molar-refractivity contribution is -0.141. The molecule has 34 heavy (non-hydrogen) atoms. The van der Waals surface area contributed by atoms with Gasteiger partial charge in [0.15, 0.2) is 23.0 Å². The largest absolute Gasteiger partial charge is 0.493 e. The second-order valence-corrected chi connectivity index (χ2v) is 8.26. The number of benzene rings is 2. The van der Waals surface area contributed by atoms with Gasteiger partial charge in [0.1, 0.15) is 0 Å². The van der Waals surface area contributed by atoms with Crippen LogP contribution in [0.15, 0.2) is 48.0 Å². The van der Waals surface area contributed by atoms with Gasteiger partial charge in [0.05, 0.1) is 47.8 Å². The van der Waals surface area contributed by atoms with E-state index in [0.29, 0.717) is 35.2 Å². The van der Waals surface area contributed by atoms with E-state index in [9.17, 15) is 4.79 Å². The first-order valence-electron chi connectivity index (χ1n) is 11.3. The van der Waals surface area contributed by atoms with E-state index < -0.39 is 0 Å². The molecular formula is C27H34O7. The average molecular weight is 471 g/mol. The zero-order chi connectivity index (χ0) is 24.7. The monoisotopic (exact) mass is 470 g/mol. The zero-order valence-electron chi connectivity index (χ0n) is 20.8. The molecule has 0 N–H and O–H groups in total. The fraction of sp³-hybridized carbons (Fsp3) is 0.444. The Hall–Kier alpha value is -3.19. The molecule has 1 aliphatic rings. The van der Waals surface area contributed by atoms with E-state index in [2.05, 4.69) is 0 Å². The first-order chi connectivity index (χ1) is 16.4. The van der Waals surface area contributed by atoms with Gasteiger partial charge >= 0.3 is 5.97 Å². The molecular weight excluding hydrogens is 436 g/mol. The number of esters is 1. The van der Waals surface area contributed by atoms with Crippen LogP contribution in [0, 0.1) is 11.8 Å². The van der Waals surface area contributed by atoms with Crippen molar-refractivity contribution >= 4 is 5.97 Å². The number of methoxy groups -OCH3 is 4. The molecule has 2 aromatic carbocycles. The van der Waals surface area contributed by atoms with E-state index in [1.165, 1.54) is 0 Å². The van der Waals surface area contributed by atoms with Gasteiger partial charge in [-0.1, -0.05) is 18.2 Å². The molecule has 2 aromatic rings. The molecule has 0 aromatic heterocycles. The van der Waals surface area contributed by atoms with Gasteiger partial charge in [0.2, 0.25) is 0 Å². The minimum absolute atomic E-state index is 0.0418. The SMILES string of the molecule is CC=C(C)C(=O)OC[C@H]1[C@@H](Cc2ccc(OC)c(OC)c2)CO[C@H]1c1ccc(OC)c(OC)c1. The van der Waals surface area contributed by atoms with E-state index >= 15 is 0 Å². The molecule has 0 saturated carbocycles. The van der Waals surface area contributed by atoms with Crippen molar-refractivity contribution < 1.29 is 33.2 Å². The maximum Gasteiger partial charge on any atom is 0.333 e. The van der Waals surface area contributed by atoms with Crippen molar-refractivity contribution in [1.82, 2.24) is 0 Å². The Kier molecular flexibility index (Phi) is 8.82. The quantitative estimate of drug-likeness (QED) is 0.366. The van der Waals surface area contributed by atoms with Gasteiger partial charge in [-0.05, 0) is 61.6 Å². The smallest absolute Gasteiger partial charge is 0.333 e. The van der Waals surface area contributed by atoms with Crippen molar-refractivity contribution in [2.24, 2.45) is 11.8 Å². The molecule has 1 saturated heterocycles. The Balaban J connectivity index is 1.87. The zero-order valence-corrected chi connectivity index (χ0v) is 20.8. The van der Waals surface area contributed by atoms with E-state index in [4.69, 9.17) is 28.4 Å². The van der Waals surface area contributed by atoms with Gasteiger partial charge in [0.25, 0.3) is 0 Å². The van der Waals surface area contributed by atoms with Crippen LogP contribution >= 0.6 is 0 Å². The van der Waals surface area contributed by atoms with E-state index in [0.717, 1.165) is 17.5 Å². The summed E-state index contributed by atoms with van der Waals surface area (Å²) in [6.45, 7) is 4.36. The second kappa shape index (κ2) is 11.8. The van der Waals surface area contributed by atoms with Crippen LogP contribution < -0.4 is 18.9 Å². The van der Waals surface area contributed by atoms with Gasteiger partial charge in [-0.25, -0.2) is 4.79 Å². The Morgan fingerprint density at radius 3 is 2.18 bits per heavy atom. The Morgan fingerprint density at radius 1 is 0.941 bits per heavy atom. The number of hydrogen-bond donors (Lipinski definition) is 0. The number of carbonyl (C=O) groups is 1. The highest BCUT2D eigenvalue weighted by molar-refractivity contribution is 5.87. The normalized spacial score (nSPS) is 20.1. The van der Waals surface area contributed by atoms with Crippen molar-refractivity contribution in [1.29, 1.82) is 0 Å². The van der Waals surface area contributed by atoms with Crippen molar-refractivity contribution in [2.75, 3.05) is 41.7 Å². The minimum atomic E-state index is -0.315.